The molecule has 1 aromatic heterocycles. The van der Waals surface area contributed by atoms with Crippen molar-refractivity contribution in [3.8, 4) is 5.69 Å². The summed E-state index contributed by atoms with van der Waals surface area (Å²) in [5.41, 5.74) is 6.40. The number of nitrogens with one attached hydrogen (secondary N) is 1. The third-order valence-electron chi connectivity index (χ3n) is 4.51. The van der Waals surface area contributed by atoms with Gasteiger partial charge in [-0.25, -0.2) is 0 Å². The molecule has 0 atom stereocenters. The number of anilines is 1. The molecular weight excluding hydrogens is 370 g/mol. The molecule has 0 spiro atoms. The highest BCUT2D eigenvalue weighted by Crippen LogP contribution is 2.23. The fourth-order valence-electron chi connectivity index (χ4n) is 3.20. The quantitative estimate of drug-likeness (QED) is 0.474. The molecule has 0 aliphatic rings. The molecule has 6 nitrogen and oxygen atoms in total. The molecule has 0 aliphatic carbocycles. The number of carbonyl (C=O) groups excluding carboxylic acids is 1. The lowest BCUT2D eigenvalue weighted by molar-refractivity contribution is -0.116. The number of carbonyl (C=O) groups is 1. The van der Waals surface area contributed by atoms with Crippen LogP contribution in [-0.2, 0) is 4.79 Å². The smallest absolute Gasteiger partial charge is 0.224 e. The van der Waals surface area contributed by atoms with Gasteiger partial charge in [0.25, 0.3) is 0 Å². The van der Waals surface area contributed by atoms with Crippen LogP contribution in [0.5, 0.6) is 0 Å². The average molecular weight is 396 g/mol. The van der Waals surface area contributed by atoms with E-state index < -0.39 is 0 Å². The van der Waals surface area contributed by atoms with Crippen LogP contribution in [0.1, 0.15) is 35.1 Å². The number of amides is 1. The first-order valence-corrected chi connectivity index (χ1v) is 10.3. The molecule has 3 aromatic rings. The van der Waals surface area contributed by atoms with E-state index in [-0.39, 0.29) is 5.91 Å². The second kappa shape index (κ2) is 9.01. The molecule has 1 N–H and O–H groups in total. The van der Waals surface area contributed by atoms with Gasteiger partial charge in [-0.05, 0) is 67.3 Å². The molecule has 0 saturated carbocycles. The normalized spacial score (nSPS) is 10.9. The van der Waals surface area contributed by atoms with Crippen molar-refractivity contribution in [3.63, 3.8) is 0 Å². The Morgan fingerprint density at radius 2 is 1.79 bits per heavy atom. The molecule has 0 saturated heterocycles. The fraction of sp³-hybridized carbons (Fsp3) is 0.333. The molecule has 0 unspecified atom stereocenters. The van der Waals surface area contributed by atoms with Crippen LogP contribution in [-0.4, -0.2) is 31.9 Å². The number of nitrogens with zero attached hydrogens (tertiary/aromatic N) is 4. The molecule has 3 rings (SSSR count). The predicted molar refractivity (Wildman–Crippen MR) is 113 cm³/mol. The third kappa shape index (κ3) is 4.78. The van der Waals surface area contributed by atoms with Gasteiger partial charge in [0.05, 0.1) is 5.69 Å². The van der Waals surface area contributed by atoms with Crippen LogP contribution in [0, 0.1) is 27.7 Å². The largest absolute Gasteiger partial charge is 0.326 e. The van der Waals surface area contributed by atoms with Crippen LogP contribution in [0.2, 0.25) is 0 Å². The monoisotopic (exact) mass is 395 g/mol. The van der Waals surface area contributed by atoms with E-state index in [1.54, 1.807) is 16.4 Å². The molecule has 0 radical (unpaired) electrons. The van der Waals surface area contributed by atoms with Crippen molar-refractivity contribution in [2.24, 2.45) is 0 Å². The number of rotatable bonds is 7. The van der Waals surface area contributed by atoms with E-state index in [4.69, 9.17) is 0 Å². The molecule has 1 amide bonds. The van der Waals surface area contributed by atoms with E-state index in [0.717, 1.165) is 45.4 Å². The van der Waals surface area contributed by atoms with E-state index in [2.05, 4.69) is 39.9 Å². The highest BCUT2D eigenvalue weighted by atomic mass is 32.2. The second-order valence-corrected chi connectivity index (χ2v) is 8.00. The summed E-state index contributed by atoms with van der Waals surface area (Å²) in [6, 6.07) is 12.2. The molecule has 0 aliphatic heterocycles. The summed E-state index contributed by atoms with van der Waals surface area (Å²) in [5.74, 6) is 0.806. The maximum Gasteiger partial charge on any atom is 0.224 e. The summed E-state index contributed by atoms with van der Waals surface area (Å²) in [7, 11) is 0. The molecule has 2 aromatic carbocycles. The fourth-order valence-corrected chi connectivity index (χ4v) is 4.02. The maximum atomic E-state index is 12.3. The van der Waals surface area contributed by atoms with Gasteiger partial charge in [0.2, 0.25) is 11.1 Å². The first-order chi connectivity index (χ1) is 13.5. The lowest BCUT2D eigenvalue weighted by Crippen LogP contribution is -2.13. The Labute approximate surface area is 169 Å². The van der Waals surface area contributed by atoms with Gasteiger partial charge in [0.15, 0.2) is 0 Å². The van der Waals surface area contributed by atoms with Crippen molar-refractivity contribution in [2.75, 3.05) is 11.1 Å². The van der Waals surface area contributed by atoms with Crippen molar-refractivity contribution >= 4 is 23.4 Å². The van der Waals surface area contributed by atoms with Crippen LogP contribution in [0.4, 0.5) is 5.69 Å². The minimum absolute atomic E-state index is 0.0362. The van der Waals surface area contributed by atoms with Crippen LogP contribution in [0.3, 0.4) is 0 Å². The first-order valence-electron chi connectivity index (χ1n) is 9.30. The zero-order chi connectivity index (χ0) is 20.1. The number of tetrazole rings is 1. The molecule has 28 heavy (non-hydrogen) atoms. The van der Waals surface area contributed by atoms with Crippen LogP contribution >= 0.6 is 11.8 Å². The Balaban J connectivity index is 1.53. The summed E-state index contributed by atoms with van der Waals surface area (Å²) in [6.07, 6.45) is 1.22. The Bertz CT molecular complexity index is 959. The SMILES string of the molecule is Cc1cc(C)c(NC(=O)CCCSc2nnnn2-c2ccccc2C)c(C)c1. The number of para-hydroxylation sites is 1. The van der Waals surface area contributed by atoms with Gasteiger partial charge in [-0.1, -0.05) is 47.7 Å². The minimum Gasteiger partial charge on any atom is -0.326 e. The van der Waals surface area contributed by atoms with Gasteiger partial charge in [-0.3, -0.25) is 4.79 Å². The molecule has 1 heterocycles. The maximum absolute atomic E-state index is 12.3. The van der Waals surface area contributed by atoms with Crippen molar-refractivity contribution in [3.05, 3.63) is 58.7 Å². The Kier molecular flexibility index (Phi) is 6.46. The Morgan fingerprint density at radius 1 is 1.07 bits per heavy atom. The molecular formula is C21H25N5OS. The first kappa shape index (κ1) is 20.1. The average Bonchev–Trinajstić information content (AvgIpc) is 3.10. The summed E-state index contributed by atoms with van der Waals surface area (Å²) in [4.78, 5) is 12.3. The van der Waals surface area contributed by atoms with Crippen LogP contribution in [0.15, 0.2) is 41.6 Å². The van der Waals surface area contributed by atoms with Gasteiger partial charge < -0.3 is 5.32 Å². The number of benzene rings is 2. The van der Waals surface area contributed by atoms with Crippen molar-refractivity contribution in [1.29, 1.82) is 0 Å². The lowest BCUT2D eigenvalue weighted by atomic mass is 10.0. The third-order valence-corrected chi connectivity index (χ3v) is 5.51. The Hall–Kier alpha value is -2.67. The van der Waals surface area contributed by atoms with Crippen molar-refractivity contribution < 1.29 is 4.79 Å². The van der Waals surface area contributed by atoms with E-state index in [9.17, 15) is 4.79 Å². The molecule has 146 valence electrons. The number of aromatic nitrogens is 4. The van der Waals surface area contributed by atoms with E-state index in [0.29, 0.717) is 6.42 Å². The van der Waals surface area contributed by atoms with Crippen molar-refractivity contribution in [1.82, 2.24) is 20.2 Å². The zero-order valence-corrected chi connectivity index (χ0v) is 17.5. The van der Waals surface area contributed by atoms with E-state index in [1.807, 2.05) is 45.0 Å². The summed E-state index contributed by atoms with van der Waals surface area (Å²) >= 11 is 1.56. The summed E-state index contributed by atoms with van der Waals surface area (Å²) in [6.45, 7) is 8.14. The van der Waals surface area contributed by atoms with E-state index >= 15 is 0 Å². The predicted octanol–water partition coefficient (Wildman–Crippen LogP) is 4.41. The second-order valence-electron chi connectivity index (χ2n) is 6.93. The minimum atomic E-state index is 0.0362. The number of aryl methyl sites for hydroxylation is 4. The summed E-state index contributed by atoms with van der Waals surface area (Å²) < 4.78 is 1.75. The number of thioether (sulfide) groups is 1. The summed E-state index contributed by atoms with van der Waals surface area (Å²) in [5, 5.41) is 15.8. The van der Waals surface area contributed by atoms with Gasteiger partial charge in [-0.15, -0.1) is 5.10 Å². The molecule has 0 fully saturated rings. The van der Waals surface area contributed by atoms with Crippen LogP contribution < -0.4 is 5.32 Å². The van der Waals surface area contributed by atoms with Crippen molar-refractivity contribution in [2.45, 2.75) is 45.7 Å². The van der Waals surface area contributed by atoms with Gasteiger partial charge >= 0.3 is 0 Å². The standard InChI is InChI=1S/C21H25N5OS/c1-14-12-16(3)20(17(4)13-14)22-19(27)10-7-11-28-21-23-24-25-26(21)18-9-6-5-8-15(18)2/h5-6,8-9,12-13H,7,10-11H2,1-4H3,(H,22,27). The number of hydrogen-bond acceptors (Lipinski definition) is 5. The topological polar surface area (TPSA) is 72.7 Å². The lowest BCUT2D eigenvalue weighted by Gasteiger charge is -2.12. The molecule has 0 bridgehead atoms. The van der Waals surface area contributed by atoms with Gasteiger partial charge in [-0.2, -0.15) is 4.68 Å². The van der Waals surface area contributed by atoms with Gasteiger partial charge in [0, 0.05) is 17.9 Å². The number of hydrogen-bond donors (Lipinski definition) is 1. The Morgan fingerprint density at radius 3 is 2.50 bits per heavy atom. The highest BCUT2D eigenvalue weighted by molar-refractivity contribution is 7.99. The zero-order valence-electron chi connectivity index (χ0n) is 16.7. The van der Waals surface area contributed by atoms with Crippen LogP contribution in [0.25, 0.3) is 5.69 Å². The molecule has 7 heteroatoms. The van der Waals surface area contributed by atoms with E-state index in [1.165, 1.54) is 5.56 Å². The van der Waals surface area contributed by atoms with Gasteiger partial charge in [0.1, 0.15) is 0 Å². The highest BCUT2D eigenvalue weighted by Gasteiger charge is 2.12.